The summed E-state index contributed by atoms with van der Waals surface area (Å²) in [5.41, 5.74) is 3.08. The summed E-state index contributed by atoms with van der Waals surface area (Å²) < 4.78 is 0. The van der Waals surface area contributed by atoms with Crippen LogP contribution in [-0.4, -0.2) is 25.5 Å². The van der Waals surface area contributed by atoms with Crippen molar-refractivity contribution in [1.29, 1.82) is 0 Å². The van der Waals surface area contributed by atoms with Crippen molar-refractivity contribution in [3.05, 3.63) is 59.1 Å². The minimum absolute atomic E-state index is 0.00544. The molecule has 23 heavy (non-hydrogen) atoms. The van der Waals surface area contributed by atoms with E-state index in [1.165, 1.54) is 0 Å². The fourth-order valence-electron chi connectivity index (χ4n) is 2.87. The van der Waals surface area contributed by atoms with Crippen LogP contribution in [0.15, 0.2) is 48.5 Å². The monoisotopic (exact) mass is 329 g/mol. The van der Waals surface area contributed by atoms with Crippen molar-refractivity contribution in [2.45, 2.75) is 13.0 Å². The largest absolute Gasteiger partial charge is 0.382 e. The van der Waals surface area contributed by atoms with Gasteiger partial charge in [-0.3, -0.25) is 4.79 Å². The van der Waals surface area contributed by atoms with E-state index in [4.69, 9.17) is 11.6 Å². The molecule has 0 fully saturated rings. The van der Waals surface area contributed by atoms with Crippen LogP contribution < -0.4 is 15.5 Å². The van der Waals surface area contributed by atoms with Gasteiger partial charge in [0, 0.05) is 18.1 Å². The van der Waals surface area contributed by atoms with E-state index >= 15 is 0 Å². The van der Waals surface area contributed by atoms with Gasteiger partial charge in [-0.05, 0) is 30.7 Å². The van der Waals surface area contributed by atoms with E-state index < -0.39 is 0 Å². The van der Waals surface area contributed by atoms with Gasteiger partial charge in [-0.25, -0.2) is 0 Å². The summed E-state index contributed by atoms with van der Waals surface area (Å²) in [4.78, 5) is 14.5. The molecule has 1 atom stereocenters. The van der Waals surface area contributed by atoms with Crippen molar-refractivity contribution in [2.75, 3.05) is 29.9 Å². The molecule has 0 saturated heterocycles. The third-order valence-corrected chi connectivity index (χ3v) is 4.37. The Labute approximate surface area is 141 Å². The van der Waals surface area contributed by atoms with Crippen LogP contribution in [0, 0.1) is 0 Å². The van der Waals surface area contributed by atoms with Crippen molar-refractivity contribution in [1.82, 2.24) is 5.32 Å². The van der Waals surface area contributed by atoms with Crippen molar-refractivity contribution in [3.63, 3.8) is 0 Å². The summed E-state index contributed by atoms with van der Waals surface area (Å²) in [6, 6.07) is 15.5. The molecule has 5 heteroatoms. The molecule has 1 aliphatic heterocycles. The first kappa shape index (κ1) is 15.7. The Bertz CT molecular complexity index is 704. The first-order valence-corrected chi connectivity index (χ1v) is 8.14. The lowest BCUT2D eigenvalue weighted by Crippen LogP contribution is -2.42. The number of halogens is 1. The molecule has 0 spiro atoms. The average Bonchev–Trinajstić information content (AvgIpc) is 2.55. The normalized spacial score (nSPS) is 14.6. The number of fused-ring (bicyclic) bond motifs is 1. The molecule has 1 heterocycles. The zero-order valence-electron chi connectivity index (χ0n) is 13.1. The second kappa shape index (κ2) is 6.92. The Morgan fingerprint density at radius 1 is 1.26 bits per heavy atom. The highest BCUT2D eigenvalue weighted by Gasteiger charge is 2.19. The van der Waals surface area contributed by atoms with Gasteiger partial charge in [0.25, 0.3) is 0 Å². The second-order valence-corrected chi connectivity index (χ2v) is 6.08. The molecule has 2 aromatic carbocycles. The van der Waals surface area contributed by atoms with Crippen LogP contribution in [0.4, 0.5) is 11.4 Å². The van der Waals surface area contributed by atoms with E-state index in [2.05, 4.69) is 15.5 Å². The number of amides is 1. The fourth-order valence-corrected chi connectivity index (χ4v) is 3.17. The number of carbonyl (C=O) groups excluding carboxylic acids is 1. The fraction of sp³-hybridized carbons (Fsp3) is 0.278. The van der Waals surface area contributed by atoms with E-state index in [1.807, 2.05) is 55.5 Å². The zero-order valence-corrected chi connectivity index (χ0v) is 13.8. The van der Waals surface area contributed by atoms with Crippen LogP contribution in [-0.2, 0) is 4.79 Å². The standard InChI is InChI=1S/C18H20ClN3O/c1-13(14-6-2-3-7-15(14)19)21-18(23)12-22-11-10-20-16-8-4-5-9-17(16)22/h2-9,13,20H,10-12H2,1H3,(H,21,23). The first-order valence-electron chi connectivity index (χ1n) is 7.77. The first-order chi connectivity index (χ1) is 11.1. The predicted molar refractivity (Wildman–Crippen MR) is 95.2 cm³/mol. The lowest BCUT2D eigenvalue weighted by Gasteiger charge is -2.31. The maximum atomic E-state index is 12.4. The zero-order chi connectivity index (χ0) is 16.2. The molecule has 4 nitrogen and oxygen atoms in total. The van der Waals surface area contributed by atoms with E-state index in [9.17, 15) is 4.79 Å². The number of carbonyl (C=O) groups is 1. The van der Waals surface area contributed by atoms with Crippen molar-refractivity contribution in [2.24, 2.45) is 0 Å². The molecule has 120 valence electrons. The Morgan fingerprint density at radius 3 is 2.83 bits per heavy atom. The molecule has 1 aliphatic rings. The Kier molecular flexibility index (Phi) is 4.72. The SMILES string of the molecule is CC(NC(=O)CN1CCNc2ccccc21)c1ccccc1Cl. The van der Waals surface area contributed by atoms with Crippen LogP contribution in [0.25, 0.3) is 0 Å². The number of hydrogen-bond acceptors (Lipinski definition) is 3. The topological polar surface area (TPSA) is 44.4 Å². The summed E-state index contributed by atoms with van der Waals surface area (Å²) >= 11 is 6.19. The van der Waals surface area contributed by atoms with Crippen molar-refractivity contribution in [3.8, 4) is 0 Å². The maximum Gasteiger partial charge on any atom is 0.239 e. The molecule has 2 aromatic rings. The number of rotatable bonds is 4. The van der Waals surface area contributed by atoms with Gasteiger partial charge in [0.1, 0.15) is 0 Å². The number of nitrogens with zero attached hydrogens (tertiary/aromatic N) is 1. The maximum absolute atomic E-state index is 12.4. The summed E-state index contributed by atoms with van der Waals surface area (Å²) in [6.45, 7) is 3.94. The van der Waals surface area contributed by atoms with Crippen molar-refractivity contribution < 1.29 is 4.79 Å². The van der Waals surface area contributed by atoms with Crippen LogP contribution in [0.5, 0.6) is 0 Å². The average molecular weight is 330 g/mol. The van der Waals surface area contributed by atoms with Crippen molar-refractivity contribution >= 4 is 28.9 Å². The highest BCUT2D eigenvalue weighted by atomic mass is 35.5. The summed E-state index contributed by atoms with van der Waals surface area (Å²) in [5.74, 6) is -0.00544. The predicted octanol–water partition coefficient (Wildman–Crippen LogP) is 3.45. The highest BCUT2D eigenvalue weighted by Crippen LogP contribution is 2.28. The minimum atomic E-state index is -0.116. The molecule has 1 amide bonds. The van der Waals surface area contributed by atoms with Gasteiger partial charge in [0.2, 0.25) is 5.91 Å². The van der Waals surface area contributed by atoms with E-state index in [0.29, 0.717) is 11.6 Å². The summed E-state index contributed by atoms with van der Waals surface area (Å²) in [7, 11) is 0. The van der Waals surface area contributed by atoms with Crippen LogP contribution in [0.3, 0.4) is 0 Å². The van der Waals surface area contributed by atoms with Gasteiger partial charge >= 0.3 is 0 Å². The lowest BCUT2D eigenvalue weighted by atomic mass is 10.1. The molecule has 1 unspecified atom stereocenters. The van der Waals surface area contributed by atoms with Crippen LogP contribution in [0.1, 0.15) is 18.5 Å². The Balaban J connectivity index is 1.65. The quantitative estimate of drug-likeness (QED) is 0.903. The number of para-hydroxylation sites is 2. The summed E-state index contributed by atoms with van der Waals surface area (Å²) in [5, 5.41) is 7.05. The third-order valence-electron chi connectivity index (χ3n) is 4.03. The molecule has 0 bridgehead atoms. The molecule has 2 N–H and O–H groups in total. The molecular weight excluding hydrogens is 310 g/mol. The summed E-state index contributed by atoms with van der Waals surface area (Å²) in [6.07, 6.45) is 0. The van der Waals surface area contributed by atoms with Gasteiger partial charge in [0.15, 0.2) is 0 Å². The number of anilines is 2. The van der Waals surface area contributed by atoms with E-state index in [-0.39, 0.29) is 11.9 Å². The van der Waals surface area contributed by atoms with Crippen LogP contribution >= 0.6 is 11.6 Å². The van der Waals surface area contributed by atoms with Gasteiger partial charge in [-0.1, -0.05) is 41.9 Å². The molecule has 3 rings (SSSR count). The minimum Gasteiger partial charge on any atom is -0.382 e. The van der Waals surface area contributed by atoms with Gasteiger partial charge in [-0.2, -0.15) is 0 Å². The van der Waals surface area contributed by atoms with Crippen LogP contribution in [0.2, 0.25) is 5.02 Å². The second-order valence-electron chi connectivity index (χ2n) is 5.68. The Hall–Kier alpha value is -2.20. The van der Waals surface area contributed by atoms with E-state index in [1.54, 1.807) is 0 Å². The molecule has 0 saturated carbocycles. The third kappa shape index (κ3) is 3.59. The number of nitrogens with one attached hydrogen (secondary N) is 2. The lowest BCUT2D eigenvalue weighted by molar-refractivity contribution is -0.120. The van der Waals surface area contributed by atoms with E-state index in [0.717, 1.165) is 30.0 Å². The number of benzene rings is 2. The smallest absolute Gasteiger partial charge is 0.239 e. The van der Waals surface area contributed by atoms with Gasteiger partial charge in [-0.15, -0.1) is 0 Å². The number of hydrogen-bond donors (Lipinski definition) is 2. The Morgan fingerprint density at radius 2 is 2.00 bits per heavy atom. The molecule has 0 aromatic heterocycles. The highest BCUT2D eigenvalue weighted by molar-refractivity contribution is 6.31. The van der Waals surface area contributed by atoms with Gasteiger partial charge in [0.05, 0.1) is 24.0 Å². The molecule has 0 radical (unpaired) electrons. The molecule has 0 aliphatic carbocycles. The molecular formula is C18H20ClN3O. The van der Waals surface area contributed by atoms with Gasteiger partial charge < -0.3 is 15.5 Å².